The van der Waals surface area contributed by atoms with E-state index in [4.69, 9.17) is 30.4 Å². The van der Waals surface area contributed by atoms with E-state index in [0.29, 0.717) is 52.7 Å². The Morgan fingerprint density at radius 3 is 1.19 bits per heavy atom. The minimum atomic E-state index is 0.504. The van der Waals surface area contributed by atoms with E-state index in [2.05, 4.69) is 0 Å². The van der Waals surface area contributed by atoms with Crippen molar-refractivity contribution in [2.75, 3.05) is 39.6 Å². The van der Waals surface area contributed by atoms with Crippen molar-refractivity contribution in [1.29, 1.82) is 0 Å². The largest absolute Gasteiger partial charge is 0.491 e. The predicted molar refractivity (Wildman–Crippen MR) is 101 cm³/mol. The second kappa shape index (κ2) is 12.3. The van der Waals surface area contributed by atoms with Crippen molar-refractivity contribution in [3.8, 4) is 11.5 Å². The summed E-state index contributed by atoms with van der Waals surface area (Å²) in [5.74, 6) is 1.64. The van der Waals surface area contributed by atoms with Gasteiger partial charge in [-0.25, -0.2) is 0 Å². The number of ether oxygens (including phenoxy) is 4. The highest BCUT2D eigenvalue weighted by molar-refractivity contribution is 5.27. The summed E-state index contributed by atoms with van der Waals surface area (Å²) < 4.78 is 22.1. The molecule has 6 nitrogen and oxygen atoms in total. The Hall–Kier alpha value is -2.12. The Morgan fingerprint density at radius 2 is 0.846 bits per heavy atom. The number of benzene rings is 2. The summed E-state index contributed by atoms with van der Waals surface area (Å²) in [6, 6.07) is 15.5. The normalized spacial score (nSPS) is 10.7. The van der Waals surface area contributed by atoms with E-state index in [1.807, 2.05) is 48.5 Å². The van der Waals surface area contributed by atoms with Gasteiger partial charge in [-0.15, -0.1) is 0 Å². The van der Waals surface area contributed by atoms with Gasteiger partial charge in [-0.1, -0.05) is 24.3 Å². The van der Waals surface area contributed by atoms with Crippen LogP contribution in [-0.4, -0.2) is 39.6 Å². The van der Waals surface area contributed by atoms with E-state index in [0.717, 1.165) is 22.6 Å². The maximum atomic E-state index is 5.58. The predicted octanol–water partition coefficient (Wildman–Crippen LogP) is 2.09. The fraction of sp³-hybridized carbons (Fsp3) is 0.400. The van der Waals surface area contributed by atoms with Crippen LogP contribution in [0.15, 0.2) is 48.5 Å². The first kappa shape index (κ1) is 20.2. The molecule has 6 heteroatoms. The quantitative estimate of drug-likeness (QED) is 0.532. The van der Waals surface area contributed by atoms with Gasteiger partial charge in [-0.3, -0.25) is 0 Å². The zero-order valence-electron chi connectivity index (χ0n) is 15.1. The molecule has 0 atom stereocenters. The minimum absolute atomic E-state index is 0.504. The molecular weight excluding hydrogens is 332 g/mol. The first-order valence-electron chi connectivity index (χ1n) is 8.81. The molecule has 2 rings (SSSR count). The van der Waals surface area contributed by atoms with Crippen LogP contribution in [0.2, 0.25) is 0 Å². The third kappa shape index (κ3) is 7.84. The van der Waals surface area contributed by atoms with Gasteiger partial charge in [0, 0.05) is 13.1 Å². The average molecular weight is 360 g/mol. The van der Waals surface area contributed by atoms with Gasteiger partial charge in [0.2, 0.25) is 0 Å². The van der Waals surface area contributed by atoms with E-state index >= 15 is 0 Å². The lowest BCUT2D eigenvalue weighted by atomic mass is 10.2. The molecule has 0 aromatic heterocycles. The lowest BCUT2D eigenvalue weighted by Gasteiger charge is -2.09. The average Bonchev–Trinajstić information content (AvgIpc) is 2.70. The SMILES string of the molecule is NCc1ccc(OCCOCCOCCOc2ccc(CN)cc2)cc1. The van der Waals surface area contributed by atoms with Gasteiger partial charge in [-0.2, -0.15) is 0 Å². The van der Waals surface area contributed by atoms with E-state index in [-0.39, 0.29) is 0 Å². The van der Waals surface area contributed by atoms with Crippen LogP contribution >= 0.6 is 0 Å². The first-order chi connectivity index (χ1) is 12.8. The summed E-state index contributed by atoms with van der Waals surface area (Å²) in [6.07, 6.45) is 0. The molecule has 0 aliphatic rings. The van der Waals surface area contributed by atoms with E-state index in [1.165, 1.54) is 0 Å². The molecule has 2 aromatic carbocycles. The van der Waals surface area contributed by atoms with Gasteiger partial charge in [0.25, 0.3) is 0 Å². The lowest BCUT2D eigenvalue weighted by molar-refractivity contribution is 0.0273. The second-order valence-corrected chi connectivity index (χ2v) is 5.62. The maximum absolute atomic E-state index is 5.58. The van der Waals surface area contributed by atoms with E-state index in [9.17, 15) is 0 Å². The molecule has 4 N–H and O–H groups in total. The van der Waals surface area contributed by atoms with Crippen molar-refractivity contribution < 1.29 is 18.9 Å². The van der Waals surface area contributed by atoms with Gasteiger partial charge >= 0.3 is 0 Å². The van der Waals surface area contributed by atoms with Crippen LogP contribution in [0.1, 0.15) is 11.1 Å². The third-order valence-corrected chi connectivity index (χ3v) is 3.68. The van der Waals surface area contributed by atoms with E-state index < -0.39 is 0 Å². The zero-order chi connectivity index (χ0) is 18.5. The van der Waals surface area contributed by atoms with Crippen LogP contribution in [-0.2, 0) is 22.6 Å². The molecule has 26 heavy (non-hydrogen) atoms. The number of nitrogens with two attached hydrogens (primary N) is 2. The summed E-state index contributed by atoms with van der Waals surface area (Å²) in [4.78, 5) is 0. The standard InChI is InChI=1S/C20H28N2O4/c21-15-17-1-5-19(6-2-17)25-13-11-23-9-10-24-12-14-26-20-7-3-18(16-22)4-8-20/h1-8H,9-16,21-22H2. The van der Waals surface area contributed by atoms with Gasteiger partial charge < -0.3 is 30.4 Å². The summed E-state index contributed by atoms with van der Waals surface area (Å²) >= 11 is 0. The first-order valence-corrected chi connectivity index (χ1v) is 8.81. The molecule has 0 unspecified atom stereocenters. The van der Waals surface area contributed by atoms with Crippen LogP contribution in [0.3, 0.4) is 0 Å². The van der Waals surface area contributed by atoms with Gasteiger partial charge in [0.05, 0.1) is 26.4 Å². The summed E-state index contributed by atoms with van der Waals surface area (Å²) in [5.41, 5.74) is 13.3. The molecule has 0 fully saturated rings. The highest BCUT2D eigenvalue weighted by Crippen LogP contribution is 2.12. The Morgan fingerprint density at radius 1 is 0.500 bits per heavy atom. The molecule has 0 aliphatic heterocycles. The van der Waals surface area contributed by atoms with Crippen LogP contribution in [0, 0.1) is 0 Å². The van der Waals surface area contributed by atoms with Crippen LogP contribution in [0.4, 0.5) is 0 Å². The van der Waals surface area contributed by atoms with Crippen molar-refractivity contribution in [2.45, 2.75) is 13.1 Å². The zero-order valence-corrected chi connectivity index (χ0v) is 15.1. The fourth-order valence-corrected chi connectivity index (χ4v) is 2.20. The Labute approximate surface area is 155 Å². The number of hydrogen-bond acceptors (Lipinski definition) is 6. The van der Waals surface area contributed by atoms with Gasteiger partial charge in [0.1, 0.15) is 24.7 Å². The Balaban J connectivity index is 1.41. The molecule has 0 heterocycles. The monoisotopic (exact) mass is 360 g/mol. The Kier molecular flexibility index (Phi) is 9.53. The lowest BCUT2D eigenvalue weighted by Crippen LogP contribution is -2.13. The van der Waals surface area contributed by atoms with Crippen LogP contribution < -0.4 is 20.9 Å². The van der Waals surface area contributed by atoms with Gasteiger partial charge in [-0.05, 0) is 35.4 Å². The van der Waals surface area contributed by atoms with Crippen molar-refractivity contribution in [2.24, 2.45) is 11.5 Å². The fourth-order valence-electron chi connectivity index (χ4n) is 2.20. The molecular formula is C20H28N2O4. The smallest absolute Gasteiger partial charge is 0.119 e. The summed E-state index contributed by atoms with van der Waals surface area (Å²) in [5, 5.41) is 0. The third-order valence-electron chi connectivity index (χ3n) is 3.68. The molecule has 0 bridgehead atoms. The van der Waals surface area contributed by atoms with Crippen LogP contribution in [0.5, 0.6) is 11.5 Å². The maximum Gasteiger partial charge on any atom is 0.119 e. The molecule has 0 aliphatic carbocycles. The van der Waals surface area contributed by atoms with E-state index in [1.54, 1.807) is 0 Å². The van der Waals surface area contributed by atoms with Crippen molar-refractivity contribution in [1.82, 2.24) is 0 Å². The molecule has 0 saturated heterocycles. The molecule has 0 amide bonds. The number of rotatable bonds is 13. The summed E-state index contributed by atoms with van der Waals surface area (Å²) in [7, 11) is 0. The van der Waals surface area contributed by atoms with Crippen LogP contribution in [0.25, 0.3) is 0 Å². The van der Waals surface area contributed by atoms with Gasteiger partial charge in [0.15, 0.2) is 0 Å². The topological polar surface area (TPSA) is 89.0 Å². The van der Waals surface area contributed by atoms with Crippen molar-refractivity contribution >= 4 is 0 Å². The molecule has 0 spiro atoms. The number of hydrogen-bond donors (Lipinski definition) is 2. The molecule has 0 saturated carbocycles. The molecule has 142 valence electrons. The summed E-state index contributed by atoms with van der Waals surface area (Å²) in [6.45, 7) is 4.18. The van der Waals surface area contributed by atoms with Crippen molar-refractivity contribution in [3.05, 3.63) is 59.7 Å². The highest BCUT2D eigenvalue weighted by Gasteiger charge is 1.97. The minimum Gasteiger partial charge on any atom is -0.491 e. The second-order valence-electron chi connectivity index (χ2n) is 5.62. The molecule has 0 radical (unpaired) electrons. The van der Waals surface area contributed by atoms with Crippen molar-refractivity contribution in [3.63, 3.8) is 0 Å². The Bertz CT molecular complexity index is 547. The highest BCUT2D eigenvalue weighted by atomic mass is 16.6. The molecule has 2 aromatic rings.